The summed E-state index contributed by atoms with van der Waals surface area (Å²) in [7, 11) is 1.63. The number of methoxy groups -OCH3 is 1. The minimum atomic E-state index is 0.350. The number of hydrogen-bond acceptors (Lipinski definition) is 7. The molecule has 0 saturated heterocycles. The highest BCUT2D eigenvalue weighted by molar-refractivity contribution is 9.10. The van der Waals surface area contributed by atoms with Crippen LogP contribution in [0.25, 0.3) is 5.69 Å². The number of para-hydroxylation sites is 1. The fraction of sp³-hybridized carbons (Fsp3) is 0.240. The van der Waals surface area contributed by atoms with E-state index in [-0.39, 0.29) is 0 Å². The fourth-order valence-electron chi connectivity index (χ4n) is 3.36. The first-order valence-electron chi connectivity index (χ1n) is 11.2. The number of benzene rings is 3. The summed E-state index contributed by atoms with van der Waals surface area (Å²) in [6.07, 6.45) is 0.964. The normalized spacial score (nSPS) is 11.0. The number of nitrogens with zero attached hydrogens (tertiary/aromatic N) is 4. The molecule has 0 atom stereocenters. The molecular weight excluding hydrogens is 585 g/mol. The zero-order valence-electron chi connectivity index (χ0n) is 19.5. The number of nitrogens with one attached hydrogen (secondary N) is 1. The first kappa shape index (κ1) is 26.8. The summed E-state index contributed by atoms with van der Waals surface area (Å²) in [6, 6.07) is 19.2. The second-order valence-electron chi connectivity index (χ2n) is 7.72. The van der Waals surface area contributed by atoms with Gasteiger partial charge in [0.25, 0.3) is 0 Å². The third-order valence-corrected chi connectivity index (χ3v) is 7.68. The minimum Gasteiger partial charge on any atom is -0.493 e. The number of halogens is 3. The van der Waals surface area contributed by atoms with Gasteiger partial charge in [0.05, 0.1) is 22.8 Å². The second-order valence-corrected chi connectivity index (χ2v) is 10.5. The molecule has 4 rings (SSSR count). The number of thioether (sulfide) groups is 1. The molecule has 188 valence electrons. The van der Waals surface area contributed by atoms with E-state index in [9.17, 15) is 0 Å². The van der Waals surface area contributed by atoms with Gasteiger partial charge in [0.15, 0.2) is 11.5 Å². The van der Waals surface area contributed by atoms with Crippen LogP contribution in [0.4, 0.5) is 0 Å². The lowest BCUT2D eigenvalue weighted by atomic mass is 10.2. The van der Waals surface area contributed by atoms with Crippen LogP contribution in [0.15, 0.2) is 70.3 Å². The van der Waals surface area contributed by atoms with Gasteiger partial charge in [0.2, 0.25) is 5.16 Å². The Labute approximate surface area is 232 Å². The number of hydrogen-bond donors (Lipinski definition) is 1. The molecule has 36 heavy (non-hydrogen) atoms. The van der Waals surface area contributed by atoms with E-state index in [1.165, 1.54) is 0 Å². The molecule has 3 aromatic carbocycles. The SMILES string of the molecule is COc1cc(CNCCCSc2nnnn2-c2ccccc2)c(Br)cc1OCc1ccc(Cl)c(Cl)c1. The van der Waals surface area contributed by atoms with E-state index in [2.05, 4.69) is 36.8 Å². The number of tetrazole rings is 1. The van der Waals surface area contributed by atoms with E-state index in [4.69, 9.17) is 32.7 Å². The zero-order valence-corrected chi connectivity index (χ0v) is 23.4. The second kappa shape index (κ2) is 13.3. The van der Waals surface area contributed by atoms with Crippen molar-refractivity contribution in [3.05, 3.63) is 86.3 Å². The molecule has 0 amide bonds. The van der Waals surface area contributed by atoms with Crippen molar-refractivity contribution in [1.29, 1.82) is 0 Å². The molecule has 0 unspecified atom stereocenters. The summed E-state index contributed by atoms with van der Waals surface area (Å²) in [5.74, 6) is 2.21. The van der Waals surface area contributed by atoms with Gasteiger partial charge in [-0.2, -0.15) is 4.68 Å². The standard InChI is InChI=1S/C25H24BrCl2N5O2S/c1-34-23-13-18(20(26)14-24(23)35-16-17-8-9-21(27)22(28)12-17)15-29-10-5-11-36-25-30-31-32-33(25)19-6-3-2-4-7-19/h2-4,6-9,12-14,29H,5,10-11,15-16H2,1H3. The number of ether oxygens (including phenoxy) is 2. The average Bonchev–Trinajstić information content (AvgIpc) is 3.36. The average molecular weight is 609 g/mol. The van der Waals surface area contributed by atoms with Gasteiger partial charge in [-0.3, -0.25) is 0 Å². The van der Waals surface area contributed by atoms with Crippen LogP contribution in [0, 0.1) is 0 Å². The summed E-state index contributed by atoms with van der Waals surface area (Å²) >= 11 is 17.4. The largest absolute Gasteiger partial charge is 0.493 e. The van der Waals surface area contributed by atoms with Crippen LogP contribution in [0.1, 0.15) is 17.5 Å². The van der Waals surface area contributed by atoms with E-state index in [0.717, 1.165) is 45.2 Å². The molecule has 1 N–H and O–H groups in total. The lowest BCUT2D eigenvalue weighted by Crippen LogP contribution is -2.16. The van der Waals surface area contributed by atoms with E-state index in [1.807, 2.05) is 48.5 Å². The Morgan fingerprint density at radius 2 is 1.86 bits per heavy atom. The monoisotopic (exact) mass is 607 g/mol. The smallest absolute Gasteiger partial charge is 0.214 e. The lowest BCUT2D eigenvalue weighted by Gasteiger charge is -2.15. The van der Waals surface area contributed by atoms with Gasteiger partial charge in [-0.05, 0) is 70.9 Å². The molecule has 0 saturated carbocycles. The summed E-state index contributed by atoms with van der Waals surface area (Å²) < 4.78 is 14.2. The van der Waals surface area contributed by atoms with Gasteiger partial charge in [0.1, 0.15) is 6.61 Å². The summed E-state index contributed by atoms with van der Waals surface area (Å²) in [6.45, 7) is 1.89. The van der Waals surface area contributed by atoms with Gasteiger partial charge in [-0.1, -0.05) is 75.2 Å². The molecule has 0 aliphatic carbocycles. The van der Waals surface area contributed by atoms with E-state index in [1.54, 1.807) is 35.7 Å². The predicted molar refractivity (Wildman–Crippen MR) is 148 cm³/mol. The van der Waals surface area contributed by atoms with E-state index >= 15 is 0 Å². The molecule has 0 radical (unpaired) electrons. The molecule has 1 heterocycles. The molecule has 11 heteroatoms. The Hall–Kier alpha value is -2.30. The van der Waals surface area contributed by atoms with Gasteiger partial charge in [-0.15, -0.1) is 5.10 Å². The van der Waals surface area contributed by atoms with Crippen molar-refractivity contribution in [3.63, 3.8) is 0 Å². The minimum absolute atomic E-state index is 0.350. The molecule has 7 nitrogen and oxygen atoms in total. The Morgan fingerprint density at radius 1 is 1.03 bits per heavy atom. The fourth-order valence-corrected chi connectivity index (χ4v) is 4.97. The Morgan fingerprint density at radius 3 is 2.64 bits per heavy atom. The maximum absolute atomic E-state index is 6.10. The number of aromatic nitrogens is 4. The molecule has 1 aromatic heterocycles. The van der Waals surface area contributed by atoms with Crippen molar-refractivity contribution in [2.24, 2.45) is 0 Å². The third kappa shape index (κ3) is 7.14. The molecule has 0 fully saturated rings. The predicted octanol–water partition coefficient (Wildman–Crippen LogP) is 6.59. The quantitative estimate of drug-likeness (QED) is 0.144. The van der Waals surface area contributed by atoms with E-state index in [0.29, 0.717) is 34.7 Å². The van der Waals surface area contributed by atoms with Crippen molar-refractivity contribution in [2.45, 2.75) is 24.7 Å². The topological polar surface area (TPSA) is 74.1 Å². The third-order valence-electron chi connectivity index (χ3n) is 5.20. The van der Waals surface area contributed by atoms with Gasteiger partial charge in [0, 0.05) is 16.8 Å². The lowest BCUT2D eigenvalue weighted by molar-refractivity contribution is 0.284. The first-order valence-corrected chi connectivity index (χ1v) is 13.7. The van der Waals surface area contributed by atoms with Gasteiger partial charge < -0.3 is 14.8 Å². The number of rotatable bonds is 12. The van der Waals surface area contributed by atoms with Gasteiger partial charge >= 0.3 is 0 Å². The highest BCUT2D eigenvalue weighted by Gasteiger charge is 2.12. The van der Waals surface area contributed by atoms with Crippen LogP contribution in [0.5, 0.6) is 11.5 Å². The van der Waals surface area contributed by atoms with Crippen LogP contribution < -0.4 is 14.8 Å². The molecule has 0 bridgehead atoms. The maximum Gasteiger partial charge on any atom is 0.214 e. The highest BCUT2D eigenvalue weighted by atomic mass is 79.9. The van der Waals surface area contributed by atoms with E-state index < -0.39 is 0 Å². The van der Waals surface area contributed by atoms with Crippen LogP contribution in [-0.4, -0.2) is 39.6 Å². The molecule has 0 aliphatic heterocycles. The van der Waals surface area contributed by atoms with Crippen molar-refractivity contribution in [3.8, 4) is 17.2 Å². The van der Waals surface area contributed by atoms with Gasteiger partial charge in [-0.25, -0.2) is 0 Å². The van der Waals surface area contributed by atoms with Crippen molar-refractivity contribution in [1.82, 2.24) is 25.5 Å². The van der Waals surface area contributed by atoms with Crippen molar-refractivity contribution >= 4 is 50.9 Å². The molecule has 0 aliphatic rings. The molecule has 4 aromatic rings. The Kier molecular flexibility index (Phi) is 9.89. The summed E-state index contributed by atoms with van der Waals surface area (Å²) in [5, 5.41) is 17.3. The Bertz CT molecular complexity index is 1290. The summed E-state index contributed by atoms with van der Waals surface area (Å²) in [4.78, 5) is 0. The first-order chi connectivity index (χ1) is 17.5. The molecular formula is C25H24BrCl2N5O2S. The van der Waals surface area contributed by atoms with Crippen LogP contribution >= 0.6 is 50.9 Å². The Balaban J connectivity index is 1.25. The van der Waals surface area contributed by atoms with Crippen LogP contribution in [0.3, 0.4) is 0 Å². The maximum atomic E-state index is 6.10. The molecule has 0 spiro atoms. The van der Waals surface area contributed by atoms with Crippen molar-refractivity contribution in [2.75, 3.05) is 19.4 Å². The summed E-state index contributed by atoms with van der Waals surface area (Å²) in [5.41, 5.74) is 2.95. The van der Waals surface area contributed by atoms with Crippen LogP contribution in [-0.2, 0) is 13.2 Å². The van der Waals surface area contributed by atoms with Crippen molar-refractivity contribution < 1.29 is 9.47 Å². The van der Waals surface area contributed by atoms with Crippen LogP contribution in [0.2, 0.25) is 10.0 Å². The zero-order chi connectivity index (χ0) is 25.3. The highest BCUT2D eigenvalue weighted by Crippen LogP contribution is 2.34.